The van der Waals surface area contributed by atoms with Gasteiger partial charge in [0.05, 0.1) is 6.20 Å². The molecule has 1 aliphatic rings. The SMILES string of the molecule is Clc1cncnc1N1CCN(c2cccnn2)CC1. The molecule has 0 atom stereocenters. The van der Waals surface area contributed by atoms with Gasteiger partial charge in [0, 0.05) is 32.4 Å². The van der Waals surface area contributed by atoms with Crippen molar-refractivity contribution in [1.82, 2.24) is 20.2 Å². The van der Waals surface area contributed by atoms with E-state index < -0.39 is 0 Å². The molecule has 0 unspecified atom stereocenters. The molecule has 2 aromatic rings. The second-order valence-electron chi connectivity index (χ2n) is 4.25. The molecule has 0 radical (unpaired) electrons. The van der Waals surface area contributed by atoms with Crippen molar-refractivity contribution < 1.29 is 0 Å². The van der Waals surface area contributed by atoms with Crippen LogP contribution in [0.3, 0.4) is 0 Å². The Bertz CT molecular complexity index is 541. The van der Waals surface area contributed by atoms with E-state index in [-0.39, 0.29) is 0 Å². The zero-order valence-corrected chi connectivity index (χ0v) is 11.0. The molecule has 0 amide bonds. The predicted molar refractivity (Wildman–Crippen MR) is 73.5 cm³/mol. The van der Waals surface area contributed by atoms with E-state index in [2.05, 4.69) is 30.0 Å². The molecule has 0 bridgehead atoms. The van der Waals surface area contributed by atoms with Crippen molar-refractivity contribution in [3.63, 3.8) is 0 Å². The number of halogens is 1. The van der Waals surface area contributed by atoms with Crippen molar-refractivity contribution in [3.8, 4) is 0 Å². The van der Waals surface area contributed by atoms with Crippen LogP contribution in [0.15, 0.2) is 30.9 Å². The largest absolute Gasteiger partial charge is 0.352 e. The molecule has 1 fully saturated rings. The normalized spacial score (nSPS) is 15.6. The molecular weight excluding hydrogens is 264 g/mol. The minimum Gasteiger partial charge on any atom is -0.352 e. The summed E-state index contributed by atoms with van der Waals surface area (Å²) in [6.07, 6.45) is 4.83. The van der Waals surface area contributed by atoms with Crippen LogP contribution in [-0.4, -0.2) is 46.3 Å². The molecular formula is C12H13ClN6. The second kappa shape index (κ2) is 5.36. The van der Waals surface area contributed by atoms with Gasteiger partial charge in [-0.25, -0.2) is 9.97 Å². The molecule has 6 nitrogen and oxygen atoms in total. The van der Waals surface area contributed by atoms with Crippen LogP contribution in [0.4, 0.5) is 11.6 Å². The fraction of sp³-hybridized carbons (Fsp3) is 0.333. The summed E-state index contributed by atoms with van der Waals surface area (Å²) in [4.78, 5) is 12.5. The van der Waals surface area contributed by atoms with Crippen molar-refractivity contribution in [3.05, 3.63) is 35.9 Å². The minimum atomic E-state index is 0.593. The molecule has 98 valence electrons. The van der Waals surface area contributed by atoms with Gasteiger partial charge < -0.3 is 9.80 Å². The Morgan fingerprint density at radius 1 is 1.11 bits per heavy atom. The minimum absolute atomic E-state index is 0.593. The molecule has 2 aromatic heterocycles. The molecule has 0 spiro atoms. The average Bonchev–Trinajstić information content (AvgIpc) is 2.49. The first-order valence-corrected chi connectivity index (χ1v) is 6.45. The van der Waals surface area contributed by atoms with Gasteiger partial charge in [0.15, 0.2) is 11.6 Å². The maximum absolute atomic E-state index is 6.11. The average molecular weight is 277 g/mol. The van der Waals surface area contributed by atoms with Crippen LogP contribution in [-0.2, 0) is 0 Å². The number of nitrogens with zero attached hydrogens (tertiary/aromatic N) is 6. The smallest absolute Gasteiger partial charge is 0.151 e. The van der Waals surface area contributed by atoms with E-state index >= 15 is 0 Å². The standard InChI is InChI=1S/C12H13ClN6/c13-10-8-14-9-15-12(10)19-6-4-18(5-7-19)11-2-1-3-16-17-11/h1-3,8-9H,4-7H2. The highest BCUT2D eigenvalue weighted by Gasteiger charge is 2.20. The van der Waals surface area contributed by atoms with E-state index in [9.17, 15) is 0 Å². The quantitative estimate of drug-likeness (QED) is 0.823. The van der Waals surface area contributed by atoms with E-state index in [1.54, 1.807) is 12.4 Å². The fourth-order valence-corrected chi connectivity index (χ4v) is 2.37. The first-order valence-electron chi connectivity index (χ1n) is 6.08. The van der Waals surface area contributed by atoms with Crippen LogP contribution in [0.2, 0.25) is 5.02 Å². The van der Waals surface area contributed by atoms with Crippen LogP contribution in [0, 0.1) is 0 Å². The molecule has 0 aromatic carbocycles. The highest BCUT2D eigenvalue weighted by Crippen LogP contribution is 2.23. The molecule has 3 rings (SSSR count). The number of hydrogen-bond acceptors (Lipinski definition) is 6. The van der Waals surface area contributed by atoms with Crippen molar-refractivity contribution in [2.75, 3.05) is 36.0 Å². The third-order valence-electron chi connectivity index (χ3n) is 3.11. The first kappa shape index (κ1) is 12.1. The van der Waals surface area contributed by atoms with Gasteiger partial charge in [-0.05, 0) is 12.1 Å². The molecule has 1 saturated heterocycles. The number of hydrogen-bond donors (Lipinski definition) is 0. The van der Waals surface area contributed by atoms with Gasteiger partial charge in [0.25, 0.3) is 0 Å². The summed E-state index contributed by atoms with van der Waals surface area (Å²) in [7, 11) is 0. The van der Waals surface area contributed by atoms with E-state index in [0.29, 0.717) is 5.02 Å². The van der Waals surface area contributed by atoms with Crippen LogP contribution >= 0.6 is 11.6 Å². The maximum atomic E-state index is 6.11. The topological polar surface area (TPSA) is 58.0 Å². The van der Waals surface area contributed by atoms with Gasteiger partial charge >= 0.3 is 0 Å². The summed E-state index contributed by atoms with van der Waals surface area (Å²) in [5, 5.41) is 8.62. The molecule has 0 N–H and O–H groups in total. The predicted octanol–water partition coefficient (Wildman–Crippen LogP) is 1.25. The van der Waals surface area contributed by atoms with Crippen LogP contribution < -0.4 is 9.80 Å². The third kappa shape index (κ3) is 2.58. The molecule has 3 heterocycles. The maximum Gasteiger partial charge on any atom is 0.151 e. The molecule has 19 heavy (non-hydrogen) atoms. The monoisotopic (exact) mass is 276 g/mol. The zero-order valence-electron chi connectivity index (χ0n) is 10.3. The molecule has 0 aliphatic carbocycles. The second-order valence-corrected chi connectivity index (χ2v) is 4.66. The van der Waals surface area contributed by atoms with Crippen LogP contribution in [0.1, 0.15) is 0 Å². The summed E-state index contributed by atoms with van der Waals surface area (Å²) in [6, 6.07) is 3.87. The van der Waals surface area contributed by atoms with Crippen molar-refractivity contribution in [1.29, 1.82) is 0 Å². The van der Waals surface area contributed by atoms with Gasteiger partial charge in [-0.2, -0.15) is 5.10 Å². The summed E-state index contributed by atoms with van der Waals surface area (Å²) < 4.78 is 0. The number of aromatic nitrogens is 4. The van der Waals surface area contributed by atoms with Gasteiger partial charge in [0.2, 0.25) is 0 Å². The Hall–Kier alpha value is -1.95. The lowest BCUT2D eigenvalue weighted by molar-refractivity contribution is 0.637. The van der Waals surface area contributed by atoms with E-state index in [4.69, 9.17) is 11.6 Å². The zero-order chi connectivity index (χ0) is 13.1. The Morgan fingerprint density at radius 3 is 2.58 bits per heavy atom. The van der Waals surface area contributed by atoms with E-state index in [1.807, 2.05) is 12.1 Å². The Morgan fingerprint density at radius 2 is 1.89 bits per heavy atom. The van der Waals surface area contributed by atoms with Crippen LogP contribution in [0.5, 0.6) is 0 Å². The highest BCUT2D eigenvalue weighted by molar-refractivity contribution is 6.32. The highest BCUT2D eigenvalue weighted by atomic mass is 35.5. The summed E-state index contributed by atoms with van der Waals surface area (Å²) in [5.41, 5.74) is 0. The Kier molecular flexibility index (Phi) is 3.41. The number of piperazine rings is 1. The lowest BCUT2D eigenvalue weighted by Crippen LogP contribution is -2.47. The van der Waals surface area contributed by atoms with Gasteiger partial charge in [-0.3, -0.25) is 0 Å². The lowest BCUT2D eigenvalue weighted by Gasteiger charge is -2.35. The Labute approximate surface area is 116 Å². The molecule has 7 heteroatoms. The number of anilines is 2. The molecule has 1 aliphatic heterocycles. The summed E-state index contributed by atoms with van der Waals surface area (Å²) >= 11 is 6.11. The molecule has 0 saturated carbocycles. The van der Waals surface area contributed by atoms with Gasteiger partial charge in [-0.1, -0.05) is 11.6 Å². The number of rotatable bonds is 2. The summed E-state index contributed by atoms with van der Waals surface area (Å²) in [5.74, 6) is 1.71. The fourth-order valence-electron chi connectivity index (χ4n) is 2.15. The van der Waals surface area contributed by atoms with Crippen molar-refractivity contribution >= 4 is 23.2 Å². The van der Waals surface area contributed by atoms with Crippen molar-refractivity contribution in [2.45, 2.75) is 0 Å². The Balaban J connectivity index is 1.69. The van der Waals surface area contributed by atoms with Gasteiger partial charge in [0.1, 0.15) is 11.3 Å². The van der Waals surface area contributed by atoms with E-state index in [0.717, 1.165) is 37.8 Å². The first-order chi connectivity index (χ1) is 9.34. The van der Waals surface area contributed by atoms with Crippen LogP contribution in [0.25, 0.3) is 0 Å². The third-order valence-corrected chi connectivity index (χ3v) is 3.38. The summed E-state index contributed by atoms with van der Waals surface area (Å²) in [6.45, 7) is 3.46. The lowest BCUT2D eigenvalue weighted by atomic mass is 10.3. The van der Waals surface area contributed by atoms with Gasteiger partial charge in [-0.15, -0.1) is 5.10 Å². The van der Waals surface area contributed by atoms with Crippen molar-refractivity contribution in [2.24, 2.45) is 0 Å². The van der Waals surface area contributed by atoms with E-state index in [1.165, 1.54) is 6.33 Å².